The number of imidazole rings is 1. The number of aliphatic hydroxyl groups excluding tert-OH is 1. The molecule has 0 atom stereocenters. The molecule has 4 aromatic rings. The number of nitrogens with zero attached hydrogens (tertiary/aromatic N) is 2. The maximum atomic E-state index is 12.4. The number of rotatable bonds is 5. The Balaban J connectivity index is 1.30. The molecule has 31 heavy (non-hydrogen) atoms. The van der Waals surface area contributed by atoms with Crippen molar-refractivity contribution < 1.29 is 19.1 Å². The number of esters is 1. The minimum Gasteiger partial charge on any atom is -0.507 e. The molecular formula is C24H19N3O4. The monoisotopic (exact) mass is 413 g/mol. The van der Waals surface area contributed by atoms with Crippen LogP contribution in [0.25, 0.3) is 27.6 Å². The highest BCUT2D eigenvalue weighted by atomic mass is 16.5. The lowest BCUT2D eigenvalue weighted by molar-refractivity contribution is -0.142. The number of H-pyrrole nitrogens is 1. The van der Waals surface area contributed by atoms with Crippen molar-refractivity contribution in [3.05, 3.63) is 70.9 Å². The second-order valence-electron chi connectivity index (χ2n) is 7.61. The molecule has 5 rings (SSSR count). The number of hydrogen-bond acceptors (Lipinski definition) is 6. The number of benzene rings is 2. The Morgan fingerprint density at radius 1 is 1.26 bits per heavy atom. The Labute approximate surface area is 177 Å². The maximum absolute atomic E-state index is 12.4. The largest absolute Gasteiger partial charge is 0.507 e. The van der Waals surface area contributed by atoms with Gasteiger partial charge in [0.1, 0.15) is 23.8 Å². The summed E-state index contributed by atoms with van der Waals surface area (Å²) in [4.78, 5) is 19.7. The summed E-state index contributed by atoms with van der Waals surface area (Å²) in [6, 6.07) is 13.4. The number of para-hydroxylation sites is 2. The molecule has 7 heteroatoms. The smallest absolute Gasteiger partial charge is 0.310 e. The highest BCUT2D eigenvalue weighted by Gasteiger charge is 2.18. The lowest BCUT2D eigenvalue weighted by atomic mass is 10.0. The van der Waals surface area contributed by atoms with E-state index >= 15 is 0 Å². The molecule has 0 unspecified atom stereocenters. The van der Waals surface area contributed by atoms with Crippen LogP contribution in [0.4, 0.5) is 0 Å². The number of allylic oxidation sites excluding steroid dienone is 1. The molecule has 1 aliphatic rings. The van der Waals surface area contributed by atoms with Crippen molar-refractivity contribution in [3.8, 4) is 6.07 Å². The van der Waals surface area contributed by atoms with Crippen molar-refractivity contribution in [1.82, 2.24) is 9.97 Å². The zero-order valence-corrected chi connectivity index (χ0v) is 16.6. The summed E-state index contributed by atoms with van der Waals surface area (Å²) < 4.78 is 10.8. The van der Waals surface area contributed by atoms with Gasteiger partial charge in [-0.25, -0.2) is 4.98 Å². The number of nitriles is 1. The summed E-state index contributed by atoms with van der Waals surface area (Å²) in [7, 11) is 0. The van der Waals surface area contributed by atoms with Crippen LogP contribution in [0.2, 0.25) is 0 Å². The molecule has 2 heterocycles. The van der Waals surface area contributed by atoms with Crippen LogP contribution in [0.5, 0.6) is 0 Å². The van der Waals surface area contributed by atoms with E-state index in [0.29, 0.717) is 5.52 Å². The van der Waals surface area contributed by atoms with Crippen LogP contribution in [-0.4, -0.2) is 27.7 Å². The topological polar surface area (TPSA) is 112 Å². The number of fused-ring (bicyclic) bond motifs is 3. The lowest BCUT2D eigenvalue weighted by Crippen LogP contribution is -2.11. The standard InChI is InChI=1S/C24H19N3O4/c25-11-18(24-26-19-6-1-2-7-20(19)27-24)21(28)13-31-23(29)10-16-12-30-22-9-15-5-3-4-14(15)8-17(16)22/h1-2,6-9,12,28H,3-5,10,13H2,(H,26,27). The number of aliphatic hydroxyl groups is 1. The predicted octanol–water partition coefficient (Wildman–Crippen LogP) is 4.38. The summed E-state index contributed by atoms with van der Waals surface area (Å²) in [5.41, 5.74) is 5.48. The second kappa shape index (κ2) is 7.65. The van der Waals surface area contributed by atoms with Gasteiger partial charge in [0.2, 0.25) is 0 Å². The van der Waals surface area contributed by atoms with Gasteiger partial charge in [-0.05, 0) is 54.7 Å². The van der Waals surface area contributed by atoms with Crippen LogP contribution >= 0.6 is 0 Å². The molecule has 7 nitrogen and oxygen atoms in total. The van der Waals surface area contributed by atoms with Crippen molar-refractivity contribution in [2.45, 2.75) is 25.7 Å². The summed E-state index contributed by atoms with van der Waals surface area (Å²) in [5, 5.41) is 20.7. The molecule has 0 bridgehead atoms. The average molecular weight is 413 g/mol. The first-order valence-electron chi connectivity index (χ1n) is 10.1. The molecule has 0 fully saturated rings. The lowest BCUT2D eigenvalue weighted by Gasteiger charge is -2.05. The summed E-state index contributed by atoms with van der Waals surface area (Å²) >= 11 is 0. The van der Waals surface area contributed by atoms with Gasteiger partial charge >= 0.3 is 5.97 Å². The van der Waals surface area contributed by atoms with E-state index in [-0.39, 0.29) is 23.6 Å². The van der Waals surface area contributed by atoms with Crippen LogP contribution in [0.3, 0.4) is 0 Å². The first kappa shape index (κ1) is 18.9. The van der Waals surface area contributed by atoms with Gasteiger partial charge in [-0.1, -0.05) is 12.1 Å². The van der Waals surface area contributed by atoms with Crippen LogP contribution in [0.15, 0.2) is 52.8 Å². The van der Waals surface area contributed by atoms with Crippen molar-refractivity contribution in [2.24, 2.45) is 0 Å². The van der Waals surface area contributed by atoms with Crippen molar-refractivity contribution in [1.29, 1.82) is 5.26 Å². The number of aromatic amines is 1. The number of carbonyl (C=O) groups is 1. The van der Waals surface area contributed by atoms with E-state index in [1.54, 1.807) is 12.3 Å². The van der Waals surface area contributed by atoms with Gasteiger partial charge in [-0.15, -0.1) is 0 Å². The highest BCUT2D eigenvalue weighted by molar-refractivity contribution is 5.87. The van der Waals surface area contributed by atoms with E-state index in [1.165, 1.54) is 11.1 Å². The Bertz CT molecular complexity index is 1350. The van der Waals surface area contributed by atoms with E-state index in [9.17, 15) is 15.2 Å². The van der Waals surface area contributed by atoms with Crippen molar-refractivity contribution in [3.63, 3.8) is 0 Å². The summed E-state index contributed by atoms with van der Waals surface area (Å²) in [6.07, 6.45) is 4.83. The maximum Gasteiger partial charge on any atom is 0.310 e. The van der Waals surface area contributed by atoms with E-state index < -0.39 is 12.6 Å². The number of carbonyl (C=O) groups excluding carboxylic acids is 1. The van der Waals surface area contributed by atoms with Gasteiger partial charge in [-0.3, -0.25) is 4.79 Å². The Kier molecular flexibility index (Phi) is 4.68. The molecular weight excluding hydrogens is 394 g/mol. The Morgan fingerprint density at radius 2 is 2.06 bits per heavy atom. The first-order valence-corrected chi connectivity index (χ1v) is 10.1. The molecule has 0 amide bonds. The third kappa shape index (κ3) is 3.53. The van der Waals surface area contributed by atoms with E-state index in [0.717, 1.165) is 41.3 Å². The average Bonchev–Trinajstić information content (AvgIpc) is 3.49. The normalized spacial score (nSPS) is 13.8. The second-order valence-corrected chi connectivity index (χ2v) is 7.61. The van der Waals surface area contributed by atoms with Gasteiger partial charge in [-0.2, -0.15) is 5.26 Å². The molecule has 154 valence electrons. The molecule has 2 aromatic carbocycles. The quantitative estimate of drug-likeness (QED) is 0.285. The van der Waals surface area contributed by atoms with E-state index in [2.05, 4.69) is 16.0 Å². The van der Waals surface area contributed by atoms with Crippen LogP contribution in [-0.2, 0) is 28.8 Å². The summed E-state index contributed by atoms with van der Waals surface area (Å²) in [6.45, 7) is -0.413. The highest BCUT2D eigenvalue weighted by Crippen LogP contribution is 2.30. The molecule has 0 radical (unpaired) electrons. The molecule has 2 N–H and O–H groups in total. The van der Waals surface area contributed by atoms with Gasteiger partial charge in [0.15, 0.2) is 11.6 Å². The van der Waals surface area contributed by atoms with E-state index in [1.807, 2.05) is 30.3 Å². The fourth-order valence-corrected chi connectivity index (χ4v) is 4.04. The van der Waals surface area contributed by atoms with Gasteiger partial charge in [0, 0.05) is 10.9 Å². The predicted molar refractivity (Wildman–Crippen MR) is 114 cm³/mol. The van der Waals surface area contributed by atoms with E-state index in [4.69, 9.17) is 9.15 Å². The molecule has 0 saturated carbocycles. The minimum atomic E-state index is -0.517. The Hall–Kier alpha value is -4.05. The fourth-order valence-electron chi connectivity index (χ4n) is 4.04. The van der Waals surface area contributed by atoms with Crippen LogP contribution in [0, 0.1) is 11.3 Å². The summed E-state index contributed by atoms with van der Waals surface area (Å²) in [5.74, 6) is -0.645. The molecule has 0 aliphatic heterocycles. The number of ether oxygens (including phenoxy) is 1. The number of nitrogens with one attached hydrogen (secondary N) is 1. The zero-order chi connectivity index (χ0) is 21.4. The number of furan rings is 1. The third-order valence-corrected chi connectivity index (χ3v) is 5.60. The van der Waals surface area contributed by atoms with Gasteiger partial charge in [0.05, 0.1) is 23.7 Å². The third-order valence-electron chi connectivity index (χ3n) is 5.60. The molecule has 0 saturated heterocycles. The van der Waals surface area contributed by atoms with Gasteiger partial charge < -0.3 is 19.2 Å². The number of hydrogen-bond donors (Lipinski definition) is 2. The minimum absolute atomic E-state index is 0.0194. The molecule has 0 spiro atoms. The number of aryl methyl sites for hydroxylation is 2. The molecule has 1 aliphatic carbocycles. The SMILES string of the molecule is N#CC(=C(O)COC(=O)Cc1coc2cc3c(cc12)CCC3)c1nc2ccccc2[nH]1. The number of aromatic nitrogens is 2. The van der Waals surface area contributed by atoms with Crippen LogP contribution < -0.4 is 0 Å². The van der Waals surface area contributed by atoms with Crippen LogP contribution in [0.1, 0.15) is 28.9 Å². The Morgan fingerprint density at radius 3 is 2.87 bits per heavy atom. The van der Waals surface area contributed by atoms with Crippen molar-refractivity contribution >= 4 is 33.5 Å². The van der Waals surface area contributed by atoms with Gasteiger partial charge in [0.25, 0.3) is 0 Å². The molecule has 2 aromatic heterocycles. The first-order chi connectivity index (χ1) is 15.1. The fraction of sp³-hybridized carbons (Fsp3) is 0.208. The van der Waals surface area contributed by atoms with Crippen molar-refractivity contribution in [2.75, 3.05) is 6.61 Å². The zero-order valence-electron chi connectivity index (χ0n) is 16.6.